The fourth-order valence-corrected chi connectivity index (χ4v) is 0. The van der Waals surface area contributed by atoms with Gasteiger partial charge in [0.25, 0.3) is 0 Å². The molecule has 0 saturated heterocycles. The molecule has 0 saturated carbocycles. The molecule has 0 aromatic heterocycles. The molecule has 0 aliphatic rings. The van der Waals surface area contributed by atoms with Gasteiger partial charge in [0.1, 0.15) is 0 Å². The Morgan fingerprint density at radius 3 is 1.17 bits per heavy atom. The Hall–Kier alpha value is 0.816. The molecule has 0 bridgehead atoms. The van der Waals surface area contributed by atoms with E-state index in [1.165, 1.54) is 0 Å². The normalized spacial score (nSPS) is 9.67. The van der Waals surface area contributed by atoms with Gasteiger partial charge in [0, 0.05) is 0 Å². The Bertz CT molecular complexity index is 90.7. The van der Waals surface area contributed by atoms with E-state index in [0.717, 1.165) is 0 Å². The Morgan fingerprint density at radius 2 is 1.17 bits per heavy atom. The summed E-state index contributed by atoms with van der Waals surface area (Å²) in [6, 6.07) is 0. The summed E-state index contributed by atoms with van der Waals surface area (Å²) in [5.74, 6) is 0. The molecule has 0 atom stereocenters. The van der Waals surface area contributed by atoms with E-state index in [-0.39, 0.29) is 16.8 Å². The maximum absolute atomic E-state index is 8.63. The van der Waals surface area contributed by atoms with Crippen molar-refractivity contribution >= 4 is 19.0 Å². The van der Waals surface area contributed by atoms with Crippen LogP contribution in [0.1, 0.15) is 0 Å². The van der Waals surface area contributed by atoms with Gasteiger partial charge in [0.15, 0.2) is 0 Å². The van der Waals surface area contributed by atoms with Crippen molar-refractivity contribution in [1.82, 2.24) is 0 Å². The van der Waals surface area contributed by atoms with E-state index < -0.39 is 19.0 Å². The van der Waals surface area contributed by atoms with Crippen molar-refractivity contribution < 1.29 is 29.9 Å². The second-order valence-electron chi connectivity index (χ2n) is 0.408. The van der Waals surface area contributed by atoms with Gasteiger partial charge in [0.2, 0.25) is 0 Å². The molecule has 0 heterocycles. The summed E-state index contributed by atoms with van der Waals surface area (Å²) in [7, 11) is 0. The van der Waals surface area contributed by atoms with Crippen LogP contribution >= 0.6 is 0 Å². The zero-order chi connectivity index (χ0) is 4.50. The monoisotopic (exact) mass is 253 g/mol. The fourth-order valence-electron chi connectivity index (χ4n) is 0. The van der Waals surface area contributed by atoms with E-state index in [2.05, 4.69) is 0 Å². The van der Waals surface area contributed by atoms with E-state index in [0.29, 0.717) is 0 Å². The molecule has 0 fully saturated rings. The maximum Gasteiger partial charge on any atom is 2.00 e. The quantitative estimate of drug-likeness (QED) is 0.429. The first kappa shape index (κ1) is 9.94. The van der Waals surface area contributed by atoms with Crippen molar-refractivity contribution in [3.63, 3.8) is 0 Å². The van der Waals surface area contributed by atoms with Crippen molar-refractivity contribution in [3.05, 3.63) is 0 Å². The fraction of sp³-hybridized carbons (Fsp3) is 0. The molecule has 0 amide bonds. The van der Waals surface area contributed by atoms with Crippen LogP contribution in [0, 0.1) is 0 Å². The predicted octanol–water partition coefficient (Wildman–Crippen LogP) is -3.00. The Morgan fingerprint density at radius 1 is 1.17 bits per heavy atom. The number of hydrogen-bond acceptors (Lipinski definition) is 4. The van der Waals surface area contributed by atoms with E-state index in [1.807, 2.05) is 0 Å². The van der Waals surface area contributed by atoms with Crippen LogP contribution in [-0.4, -0.2) is 19.0 Å². The van der Waals surface area contributed by atoms with Crippen LogP contribution in [0.15, 0.2) is 0 Å². The van der Waals surface area contributed by atoms with Crippen molar-refractivity contribution in [3.8, 4) is 0 Å². The van der Waals surface area contributed by atoms with Gasteiger partial charge in [-0.3, -0.25) is 0 Å². The van der Waals surface area contributed by atoms with Gasteiger partial charge in [-0.05, 0) is 0 Å². The van der Waals surface area contributed by atoms with Crippen LogP contribution < -0.4 is 6.94 Å². The van der Waals surface area contributed by atoms with Crippen LogP contribution in [-0.2, 0) is 23.0 Å². The molecule has 0 N–H and O–H groups in total. The molecule has 0 unspecified atom stereocenters. The SMILES string of the molecule is O=[Te](=O)([O-])[O-].[Co+2]. The summed E-state index contributed by atoms with van der Waals surface area (Å²) in [5, 5.41) is 0. The van der Waals surface area contributed by atoms with Crippen LogP contribution in [0.4, 0.5) is 0 Å². The van der Waals surface area contributed by atoms with Crippen LogP contribution in [0.25, 0.3) is 0 Å². The van der Waals surface area contributed by atoms with Gasteiger partial charge in [-0.15, -0.1) is 0 Å². The second-order valence-corrected chi connectivity index (χ2v) is 2.74. The summed E-state index contributed by atoms with van der Waals surface area (Å²) in [6.07, 6.45) is 0. The first-order valence-corrected chi connectivity index (χ1v) is 4.47. The van der Waals surface area contributed by atoms with Gasteiger partial charge in [-0.25, -0.2) is 0 Å². The van der Waals surface area contributed by atoms with E-state index in [4.69, 9.17) is 13.2 Å². The average molecular weight is 251 g/mol. The van der Waals surface area contributed by atoms with Crippen molar-refractivity contribution in [2.24, 2.45) is 0 Å². The molecule has 6 heteroatoms. The average Bonchev–Trinajstić information content (AvgIpc) is 0.722. The molecule has 0 aromatic carbocycles. The summed E-state index contributed by atoms with van der Waals surface area (Å²) in [5.41, 5.74) is 0. The minimum Gasteiger partial charge on any atom is 2.00 e. The third kappa shape index (κ3) is 105. The smallest absolute Gasteiger partial charge is 2.00 e. The van der Waals surface area contributed by atoms with Crippen molar-refractivity contribution in [2.45, 2.75) is 0 Å². The third-order valence-corrected chi connectivity index (χ3v) is 0. The maximum atomic E-state index is 8.63. The third-order valence-electron chi connectivity index (χ3n) is 0. The molecule has 0 aliphatic carbocycles. The van der Waals surface area contributed by atoms with Gasteiger partial charge >= 0.3 is 48.9 Å². The molecular weight excluding hydrogens is 251 g/mol. The largest absolute Gasteiger partial charge is 2.00 e. The molecule has 39 valence electrons. The molecule has 0 spiro atoms. The molecule has 0 aliphatic heterocycles. The molecule has 0 rings (SSSR count). The first-order chi connectivity index (χ1) is 2.00. The molecular formula is CoO4Te. The van der Waals surface area contributed by atoms with E-state index >= 15 is 0 Å². The van der Waals surface area contributed by atoms with Gasteiger partial charge in [-0.2, -0.15) is 0 Å². The Balaban J connectivity index is 0. The summed E-state index contributed by atoms with van der Waals surface area (Å²) >= 11 is -6.02. The molecule has 0 aromatic rings. The summed E-state index contributed by atoms with van der Waals surface area (Å²) in [6.45, 7) is 0. The Kier molecular flexibility index (Phi) is 4.81. The standard InChI is InChI=1S/Co.H2O4Te/c;1-5(2,3)4/h;(H2,1,2,3,4)/q+2;/p-2. The second kappa shape index (κ2) is 2.90. The summed E-state index contributed by atoms with van der Waals surface area (Å²) < 4.78 is 34.5. The van der Waals surface area contributed by atoms with Gasteiger partial charge < -0.3 is 0 Å². The van der Waals surface area contributed by atoms with Crippen LogP contribution in [0.3, 0.4) is 0 Å². The minimum absolute atomic E-state index is 0. The predicted molar refractivity (Wildman–Crippen MR) is 7.13 cm³/mol. The Labute approximate surface area is 49.0 Å². The van der Waals surface area contributed by atoms with Crippen LogP contribution in [0.2, 0.25) is 0 Å². The molecule has 4 nitrogen and oxygen atoms in total. The number of hydrogen-bond donors (Lipinski definition) is 0. The topological polar surface area (TPSA) is 80.3 Å². The van der Waals surface area contributed by atoms with Crippen LogP contribution in [0.5, 0.6) is 0 Å². The first-order valence-electron chi connectivity index (χ1n) is 0.667. The zero-order valence-electron chi connectivity index (χ0n) is 2.37. The summed E-state index contributed by atoms with van der Waals surface area (Å²) in [4.78, 5) is 0. The van der Waals surface area contributed by atoms with E-state index in [9.17, 15) is 0 Å². The number of rotatable bonds is 0. The molecule has 1 radical (unpaired) electrons. The zero-order valence-corrected chi connectivity index (χ0v) is 5.75. The minimum atomic E-state index is -6.02. The van der Waals surface area contributed by atoms with Gasteiger partial charge in [-0.1, -0.05) is 0 Å². The van der Waals surface area contributed by atoms with Gasteiger partial charge in [0.05, 0.1) is 0 Å². The van der Waals surface area contributed by atoms with Crippen molar-refractivity contribution in [1.29, 1.82) is 0 Å². The van der Waals surface area contributed by atoms with E-state index in [1.54, 1.807) is 0 Å². The molecule has 6 heavy (non-hydrogen) atoms. The van der Waals surface area contributed by atoms with Crippen molar-refractivity contribution in [2.75, 3.05) is 0 Å².